The van der Waals surface area contributed by atoms with E-state index in [-0.39, 0.29) is 28.7 Å². The summed E-state index contributed by atoms with van der Waals surface area (Å²) in [4.78, 5) is 54.5. The average molecular weight is 534 g/mol. The van der Waals surface area contributed by atoms with Gasteiger partial charge < -0.3 is 9.53 Å². The van der Waals surface area contributed by atoms with Crippen molar-refractivity contribution in [2.45, 2.75) is 97.6 Å². The van der Waals surface area contributed by atoms with Gasteiger partial charge in [0.2, 0.25) is 0 Å². The van der Waals surface area contributed by atoms with Gasteiger partial charge in [0.15, 0.2) is 17.2 Å². The van der Waals surface area contributed by atoms with Crippen LogP contribution in [0.25, 0.3) is 0 Å². The molecule has 6 aliphatic rings. The number of nitriles is 1. The number of aldehydes is 1. The molecule has 3 saturated carbocycles. The van der Waals surface area contributed by atoms with E-state index in [0.29, 0.717) is 32.0 Å². The molecule has 8 nitrogen and oxygen atoms in total. The van der Waals surface area contributed by atoms with Crippen LogP contribution in [0.15, 0.2) is 23.3 Å². The van der Waals surface area contributed by atoms with E-state index in [9.17, 15) is 24.4 Å². The molecular formula is C31H39N3O5. The number of ether oxygens (including phenoxy) is 1. The first-order valence-electron chi connectivity index (χ1n) is 14.2. The lowest BCUT2D eigenvalue weighted by molar-refractivity contribution is -0.208. The number of nitrogens with two attached hydrogens (primary N) is 1. The summed E-state index contributed by atoms with van der Waals surface area (Å²) in [7, 11) is 0. The Bertz CT molecular complexity index is 1370. The van der Waals surface area contributed by atoms with E-state index in [4.69, 9.17) is 10.6 Å². The number of nitrogens with one attached hydrogen (secondary N) is 1. The Balaban J connectivity index is 1.64. The van der Waals surface area contributed by atoms with Gasteiger partial charge >= 0.3 is 5.97 Å². The average Bonchev–Trinajstić information content (AvgIpc) is 3.08. The van der Waals surface area contributed by atoms with Crippen LogP contribution in [-0.4, -0.2) is 35.0 Å². The first kappa shape index (κ1) is 26.6. The van der Waals surface area contributed by atoms with E-state index >= 15 is 0 Å². The lowest BCUT2D eigenvalue weighted by Gasteiger charge is -2.71. The van der Waals surface area contributed by atoms with Crippen LogP contribution in [-0.2, 0) is 23.9 Å². The molecule has 1 spiro atoms. The molecule has 1 saturated heterocycles. The van der Waals surface area contributed by atoms with Gasteiger partial charge in [-0.2, -0.15) is 5.26 Å². The summed E-state index contributed by atoms with van der Waals surface area (Å²) in [6.45, 7) is 12.1. The van der Waals surface area contributed by atoms with Gasteiger partial charge in [-0.15, -0.1) is 0 Å². The monoisotopic (exact) mass is 533 g/mol. The van der Waals surface area contributed by atoms with Crippen LogP contribution in [0.2, 0.25) is 0 Å². The summed E-state index contributed by atoms with van der Waals surface area (Å²) in [5.74, 6) is 5.00. The third-order valence-corrected chi connectivity index (χ3v) is 13.3. The summed E-state index contributed by atoms with van der Waals surface area (Å²) in [5.41, 5.74) is -3.73. The second kappa shape index (κ2) is 7.16. The Morgan fingerprint density at radius 2 is 1.69 bits per heavy atom. The number of carbonyl (C=O) groups excluding carboxylic acids is 4. The maximum Gasteiger partial charge on any atom is 0.313 e. The van der Waals surface area contributed by atoms with Gasteiger partial charge in [-0.1, -0.05) is 40.7 Å². The Morgan fingerprint density at radius 3 is 2.31 bits per heavy atom. The third kappa shape index (κ3) is 2.43. The first-order valence-corrected chi connectivity index (χ1v) is 14.2. The number of rotatable bonds is 2. The molecule has 1 aliphatic heterocycles. The number of hydrogen-bond donors (Lipinski definition) is 2. The van der Waals surface area contributed by atoms with Crippen molar-refractivity contribution in [1.82, 2.24) is 5.43 Å². The van der Waals surface area contributed by atoms with E-state index in [1.54, 1.807) is 19.1 Å². The largest absolute Gasteiger partial charge is 0.449 e. The molecule has 2 bridgehead atoms. The predicted octanol–water partition coefficient (Wildman–Crippen LogP) is 3.65. The number of nitrogens with zero attached hydrogens (tertiary/aromatic N) is 1. The lowest BCUT2D eigenvalue weighted by atomic mass is 9.32. The highest BCUT2D eigenvalue weighted by atomic mass is 16.6. The van der Waals surface area contributed by atoms with Crippen molar-refractivity contribution in [2.75, 3.05) is 0 Å². The summed E-state index contributed by atoms with van der Waals surface area (Å²) in [6, 6.07) is 2.01. The minimum Gasteiger partial charge on any atom is -0.449 e. The number of hydrogen-bond acceptors (Lipinski definition) is 8. The minimum atomic E-state index is -1.62. The van der Waals surface area contributed by atoms with Gasteiger partial charge in [0.25, 0.3) is 0 Å². The molecule has 1 unspecified atom stereocenters. The fourth-order valence-electron chi connectivity index (χ4n) is 10.6. The van der Waals surface area contributed by atoms with E-state index in [1.165, 1.54) is 0 Å². The normalized spacial score (nSPS) is 51.2. The summed E-state index contributed by atoms with van der Waals surface area (Å²) >= 11 is 0. The topological polar surface area (TPSA) is 139 Å². The number of hydrazine groups is 1. The highest BCUT2D eigenvalue weighted by Crippen LogP contribution is 2.78. The van der Waals surface area contributed by atoms with E-state index < -0.39 is 44.0 Å². The van der Waals surface area contributed by atoms with Crippen molar-refractivity contribution < 1.29 is 23.9 Å². The van der Waals surface area contributed by atoms with Gasteiger partial charge in [-0.25, -0.2) is 0 Å². The maximum absolute atomic E-state index is 14.6. The highest BCUT2D eigenvalue weighted by molar-refractivity contribution is 6.13. The first-order chi connectivity index (χ1) is 18.0. The second-order valence-corrected chi connectivity index (χ2v) is 14.9. The number of fused-ring (bicyclic) bond motifs is 4. The fraction of sp³-hybridized carbons (Fsp3) is 0.710. The molecule has 0 aromatic carbocycles. The molecular weight excluding hydrogens is 494 g/mol. The van der Waals surface area contributed by atoms with Crippen molar-refractivity contribution in [1.29, 1.82) is 5.26 Å². The molecule has 208 valence electrons. The van der Waals surface area contributed by atoms with Crippen molar-refractivity contribution >= 4 is 23.8 Å². The molecule has 8 heteroatoms. The van der Waals surface area contributed by atoms with Crippen LogP contribution >= 0.6 is 0 Å². The van der Waals surface area contributed by atoms with Crippen LogP contribution < -0.4 is 11.3 Å². The molecule has 4 fully saturated rings. The van der Waals surface area contributed by atoms with E-state index in [1.807, 2.05) is 13.0 Å². The molecule has 1 heterocycles. The van der Waals surface area contributed by atoms with E-state index in [2.05, 4.69) is 33.1 Å². The van der Waals surface area contributed by atoms with Crippen LogP contribution in [0, 0.1) is 49.7 Å². The maximum atomic E-state index is 14.6. The van der Waals surface area contributed by atoms with Gasteiger partial charge in [0.05, 0.1) is 16.5 Å². The number of carbonyl (C=O) groups is 4. The Morgan fingerprint density at radius 1 is 1.03 bits per heavy atom. The summed E-state index contributed by atoms with van der Waals surface area (Å²) in [6.07, 6.45) is 8.44. The Kier molecular flexibility index (Phi) is 4.88. The second-order valence-electron chi connectivity index (χ2n) is 14.9. The van der Waals surface area contributed by atoms with Crippen molar-refractivity contribution in [3.05, 3.63) is 23.3 Å². The lowest BCUT2D eigenvalue weighted by Crippen LogP contribution is -2.78. The smallest absolute Gasteiger partial charge is 0.313 e. The molecule has 0 aromatic heterocycles. The molecule has 0 radical (unpaired) electrons. The molecule has 0 aromatic rings. The molecule has 0 amide bonds. The number of Topliss-reactive ketones (excluding diaryl/α,β-unsaturated/α-hetero) is 1. The predicted molar refractivity (Wildman–Crippen MR) is 141 cm³/mol. The van der Waals surface area contributed by atoms with E-state index in [0.717, 1.165) is 24.8 Å². The summed E-state index contributed by atoms with van der Waals surface area (Å²) < 4.78 is 6.43. The summed E-state index contributed by atoms with van der Waals surface area (Å²) in [5, 5.41) is 9.94. The molecule has 6 rings (SSSR count). The van der Waals surface area contributed by atoms with Gasteiger partial charge in [0, 0.05) is 16.7 Å². The third-order valence-electron chi connectivity index (χ3n) is 13.3. The van der Waals surface area contributed by atoms with Crippen molar-refractivity contribution in [3.8, 4) is 6.07 Å². The Hall–Kier alpha value is -2.63. The quantitative estimate of drug-likeness (QED) is 0.180. The highest BCUT2D eigenvalue weighted by Gasteiger charge is 2.83. The zero-order chi connectivity index (χ0) is 28.7. The van der Waals surface area contributed by atoms with Crippen LogP contribution in [0.5, 0.6) is 0 Å². The van der Waals surface area contributed by atoms with Gasteiger partial charge in [0.1, 0.15) is 17.8 Å². The standard InChI is InChI=1S/C31H39N3O5/c1-24(2)7-10-29-11-9-28(6)25(3)8-12-30(34-33)26(4,14-18(16-32)22(37)27(30,5)17-35)19(25)13-21(36)31(28,20(29)15-24)39-23(29)38/h13-14,17,20,34H,7-12,15,33H2,1-6H3/t20?,25-,26-,27-,28+,29+,30+,31-/m1/s1. The molecule has 3 N–H and O–H groups in total. The van der Waals surface area contributed by atoms with Crippen LogP contribution in [0.1, 0.15) is 86.5 Å². The van der Waals surface area contributed by atoms with Crippen molar-refractivity contribution in [2.24, 2.45) is 44.3 Å². The van der Waals surface area contributed by atoms with Gasteiger partial charge in [-0.3, -0.25) is 25.7 Å². The number of ketones is 2. The van der Waals surface area contributed by atoms with Crippen molar-refractivity contribution in [3.63, 3.8) is 0 Å². The number of allylic oxidation sites excluding steroid dienone is 1. The molecule has 39 heavy (non-hydrogen) atoms. The zero-order valence-electron chi connectivity index (χ0n) is 23.8. The molecule has 5 aliphatic carbocycles. The molecule has 8 atom stereocenters. The SMILES string of the molecule is CC1(C)CC[C@@]23CC[C@@]4(C)[C@]5(C)CC[C@@]6(NN)[C@](C)(C=O)C(=O)C(C#N)=C[C@]6(C)C5=CC(=O)[C@]4(OC2=O)C3C1. The number of esters is 1. The Labute approximate surface area is 229 Å². The van der Waals surface area contributed by atoms with Crippen LogP contribution in [0.4, 0.5) is 0 Å². The van der Waals surface area contributed by atoms with Gasteiger partial charge in [-0.05, 0) is 74.3 Å². The fourth-order valence-corrected chi connectivity index (χ4v) is 10.6. The minimum absolute atomic E-state index is 0.0182. The van der Waals surface area contributed by atoms with Crippen LogP contribution in [0.3, 0.4) is 0 Å². The zero-order valence-corrected chi connectivity index (χ0v) is 23.8.